The monoisotopic (exact) mass is 318 g/mol. The maximum Gasteiger partial charge on any atom is 0.243 e. The Morgan fingerprint density at radius 3 is 2.45 bits per heavy atom. The first-order valence-electron chi connectivity index (χ1n) is 6.25. The Labute approximate surface area is 125 Å². The predicted molar refractivity (Wildman–Crippen MR) is 79.2 cm³/mol. The number of carbonyl (C=O) groups is 1. The first-order valence-corrected chi connectivity index (χ1v) is 8.06. The van der Waals surface area contributed by atoms with Crippen LogP contribution in [0.25, 0.3) is 0 Å². The van der Waals surface area contributed by atoms with E-state index >= 15 is 0 Å². The molecule has 112 valence electrons. The Balaban J connectivity index is 3.09. The highest BCUT2D eigenvalue weighted by atomic mass is 35.5. The second kappa shape index (κ2) is 7.06. The Bertz CT molecular complexity index is 573. The number of hydrogen-bond acceptors (Lipinski definition) is 3. The summed E-state index contributed by atoms with van der Waals surface area (Å²) in [6.07, 6.45) is 0.626. The van der Waals surface area contributed by atoms with Crippen molar-refractivity contribution in [1.29, 1.82) is 0 Å². The third kappa shape index (κ3) is 4.19. The molecule has 0 aliphatic heterocycles. The van der Waals surface area contributed by atoms with Gasteiger partial charge in [-0.2, -0.15) is 4.31 Å². The van der Waals surface area contributed by atoms with Crippen molar-refractivity contribution in [1.82, 2.24) is 9.21 Å². The van der Waals surface area contributed by atoms with Crippen molar-refractivity contribution in [3.05, 3.63) is 29.3 Å². The molecule has 0 spiro atoms. The summed E-state index contributed by atoms with van der Waals surface area (Å²) in [5.74, 6) is -0.260. The van der Waals surface area contributed by atoms with Crippen molar-refractivity contribution in [3.8, 4) is 0 Å². The van der Waals surface area contributed by atoms with E-state index in [0.717, 1.165) is 0 Å². The first kappa shape index (κ1) is 16.9. The summed E-state index contributed by atoms with van der Waals surface area (Å²) in [6.45, 7) is 1.98. The summed E-state index contributed by atoms with van der Waals surface area (Å²) in [5, 5.41) is 0.349. The highest BCUT2D eigenvalue weighted by molar-refractivity contribution is 7.89. The Kier molecular flexibility index (Phi) is 5.98. The molecule has 1 aromatic rings. The number of rotatable bonds is 6. The van der Waals surface area contributed by atoms with Crippen LogP contribution in [0.5, 0.6) is 0 Å². The number of carbonyl (C=O) groups excluding carboxylic acids is 1. The second-order valence-corrected chi connectivity index (χ2v) is 6.96. The number of benzene rings is 1. The number of hydrogen-bond donors (Lipinski definition) is 0. The number of halogens is 1. The maximum atomic E-state index is 12.5. The van der Waals surface area contributed by atoms with Crippen LogP contribution in [0.3, 0.4) is 0 Å². The molecule has 1 rings (SSSR count). The summed E-state index contributed by atoms with van der Waals surface area (Å²) in [4.78, 5) is 13.2. The zero-order chi connectivity index (χ0) is 15.3. The fraction of sp³-hybridized carbons (Fsp3) is 0.462. The van der Waals surface area contributed by atoms with Crippen LogP contribution in [-0.4, -0.2) is 50.7 Å². The van der Waals surface area contributed by atoms with Gasteiger partial charge in [0.15, 0.2) is 0 Å². The third-order valence-electron chi connectivity index (χ3n) is 2.72. The minimum atomic E-state index is -3.71. The van der Waals surface area contributed by atoms with Crippen molar-refractivity contribution in [3.63, 3.8) is 0 Å². The van der Waals surface area contributed by atoms with Crippen LogP contribution in [0.2, 0.25) is 5.02 Å². The molecular weight excluding hydrogens is 300 g/mol. The van der Waals surface area contributed by atoms with E-state index in [4.69, 9.17) is 11.6 Å². The van der Waals surface area contributed by atoms with Gasteiger partial charge in [0.25, 0.3) is 0 Å². The third-order valence-corrected chi connectivity index (χ3v) is 4.79. The molecular formula is C13H19ClN2O3S. The Hall–Kier alpha value is -1.11. The van der Waals surface area contributed by atoms with Crippen molar-refractivity contribution < 1.29 is 13.2 Å². The lowest BCUT2D eigenvalue weighted by Crippen LogP contribution is -2.40. The molecule has 0 saturated heterocycles. The van der Waals surface area contributed by atoms with E-state index in [1.165, 1.54) is 21.3 Å². The van der Waals surface area contributed by atoms with E-state index in [1.807, 2.05) is 6.92 Å². The summed E-state index contributed by atoms with van der Waals surface area (Å²) in [7, 11) is -0.522. The maximum absolute atomic E-state index is 12.5. The molecule has 5 nitrogen and oxygen atoms in total. The van der Waals surface area contributed by atoms with Gasteiger partial charge >= 0.3 is 0 Å². The van der Waals surface area contributed by atoms with Gasteiger partial charge < -0.3 is 4.90 Å². The minimum absolute atomic E-state index is 0.102. The molecule has 0 N–H and O–H groups in total. The van der Waals surface area contributed by atoms with E-state index in [9.17, 15) is 13.2 Å². The summed E-state index contributed by atoms with van der Waals surface area (Å²) in [5.41, 5.74) is 0. The fourth-order valence-electron chi connectivity index (χ4n) is 1.60. The molecule has 20 heavy (non-hydrogen) atoms. The normalized spacial score (nSPS) is 11.7. The summed E-state index contributed by atoms with van der Waals surface area (Å²) in [6, 6.07) is 6.05. The Morgan fingerprint density at radius 1 is 1.30 bits per heavy atom. The smallest absolute Gasteiger partial charge is 0.243 e. The van der Waals surface area contributed by atoms with Crippen LogP contribution < -0.4 is 0 Å². The average molecular weight is 319 g/mol. The largest absolute Gasteiger partial charge is 0.348 e. The molecule has 0 radical (unpaired) electrons. The number of sulfonamides is 1. The molecule has 1 amide bonds. The molecule has 0 aromatic heterocycles. The van der Waals surface area contributed by atoms with Crippen LogP contribution in [0.1, 0.15) is 13.3 Å². The minimum Gasteiger partial charge on any atom is -0.348 e. The van der Waals surface area contributed by atoms with Gasteiger partial charge in [0.2, 0.25) is 15.9 Å². The average Bonchev–Trinajstić information content (AvgIpc) is 2.37. The lowest BCUT2D eigenvalue weighted by atomic mass is 10.4. The standard InChI is InChI=1S/C13H19ClN2O3S/c1-4-8-16(10-13(17)15(2)3)20(18,19)12-7-5-6-11(14)9-12/h5-7,9H,4,8,10H2,1-3H3. The molecule has 7 heteroatoms. The van der Waals surface area contributed by atoms with E-state index < -0.39 is 10.0 Å². The van der Waals surface area contributed by atoms with Gasteiger partial charge in [-0.1, -0.05) is 24.6 Å². The molecule has 0 fully saturated rings. The van der Waals surface area contributed by atoms with Gasteiger partial charge in [-0.3, -0.25) is 4.79 Å². The molecule has 0 atom stereocenters. The zero-order valence-electron chi connectivity index (χ0n) is 11.8. The highest BCUT2D eigenvalue weighted by Crippen LogP contribution is 2.19. The van der Waals surface area contributed by atoms with Crippen LogP contribution in [0, 0.1) is 0 Å². The van der Waals surface area contributed by atoms with Crippen molar-refractivity contribution in [2.24, 2.45) is 0 Å². The van der Waals surface area contributed by atoms with Gasteiger partial charge in [0, 0.05) is 25.7 Å². The number of nitrogens with zero attached hydrogens (tertiary/aromatic N) is 2. The molecule has 0 aliphatic rings. The van der Waals surface area contributed by atoms with Gasteiger partial charge in [-0.15, -0.1) is 0 Å². The van der Waals surface area contributed by atoms with E-state index in [2.05, 4.69) is 0 Å². The first-order chi connectivity index (χ1) is 9.28. The van der Waals surface area contributed by atoms with Crippen molar-refractivity contribution in [2.45, 2.75) is 18.2 Å². The van der Waals surface area contributed by atoms with Gasteiger partial charge in [0.05, 0.1) is 11.4 Å². The molecule has 0 saturated carbocycles. The van der Waals surface area contributed by atoms with Crippen LogP contribution >= 0.6 is 11.6 Å². The fourth-order valence-corrected chi connectivity index (χ4v) is 3.39. The molecule has 1 aromatic carbocycles. The highest BCUT2D eigenvalue weighted by Gasteiger charge is 2.26. The zero-order valence-corrected chi connectivity index (χ0v) is 13.4. The van der Waals surface area contributed by atoms with Gasteiger partial charge in [0.1, 0.15) is 0 Å². The van der Waals surface area contributed by atoms with Crippen LogP contribution in [0.4, 0.5) is 0 Å². The molecule has 0 bridgehead atoms. The molecule has 0 unspecified atom stereocenters. The second-order valence-electron chi connectivity index (χ2n) is 4.58. The van der Waals surface area contributed by atoms with Crippen molar-refractivity contribution in [2.75, 3.05) is 27.2 Å². The summed E-state index contributed by atoms with van der Waals surface area (Å²) < 4.78 is 26.2. The SMILES string of the molecule is CCCN(CC(=O)N(C)C)S(=O)(=O)c1cccc(Cl)c1. The van der Waals surface area contributed by atoms with Gasteiger partial charge in [-0.05, 0) is 24.6 Å². The summed E-state index contributed by atoms with van der Waals surface area (Å²) >= 11 is 5.83. The lowest BCUT2D eigenvalue weighted by molar-refractivity contribution is -0.128. The molecule has 0 heterocycles. The predicted octanol–water partition coefficient (Wildman–Crippen LogP) is 1.83. The number of likely N-dealkylation sites (N-methyl/N-ethyl adjacent to an activating group) is 1. The topological polar surface area (TPSA) is 57.7 Å². The number of amides is 1. The van der Waals surface area contributed by atoms with Gasteiger partial charge in [-0.25, -0.2) is 8.42 Å². The van der Waals surface area contributed by atoms with Crippen molar-refractivity contribution >= 4 is 27.5 Å². The lowest BCUT2D eigenvalue weighted by Gasteiger charge is -2.22. The Morgan fingerprint density at radius 2 is 1.95 bits per heavy atom. The van der Waals surface area contributed by atoms with Crippen LogP contribution in [0.15, 0.2) is 29.2 Å². The molecule has 0 aliphatic carbocycles. The quantitative estimate of drug-likeness (QED) is 0.804. The van der Waals surface area contributed by atoms with E-state index in [1.54, 1.807) is 26.2 Å². The van der Waals surface area contributed by atoms with Crippen LogP contribution in [-0.2, 0) is 14.8 Å². The van der Waals surface area contributed by atoms with E-state index in [-0.39, 0.29) is 23.9 Å². The van der Waals surface area contributed by atoms with E-state index in [0.29, 0.717) is 11.4 Å².